The lowest BCUT2D eigenvalue weighted by molar-refractivity contribution is -0.150. The number of rotatable bonds is 6. The molecule has 0 aromatic carbocycles. The van der Waals surface area contributed by atoms with Crippen LogP contribution < -0.4 is 0 Å². The number of thioether (sulfide) groups is 1. The van der Waals surface area contributed by atoms with Gasteiger partial charge in [0.05, 0.1) is 24.9 Å². The fraction of sp³-hybridized carbons (Fsp3) is 0.647. The van der Waals surface area contributed by atoms with E-state index in [1.807, 2.05) is 23.1 Å². The highest BCUT2D eigenvalue weighted by Crippen LogP contribution is 2.25. The van der Waals surface area contributed by atoms with Crippen molar-refractivity contribution in [3.8, 4) is 0 Å². The van der Waals surface area contributed by atoms with Crippen molar-refractivity contribution in [2.24, 2.45) is 0 Å². The monoisotopic (exact) mass is 336 g/mol. The molecule has 1 aromatic rings. The first-order valence-electron chi connectivity index (χ1n) is 8.35. The second-order valence-corrected chi connectivity index (χ2v) is 6.99. The zero-order valence-corrected chi connectivity index (χ0v) is 14.2. The van der Waals surface area contributed by atoms with Gasteiger partial charge in [0, 0.05) is 30.7 Å². The van der Waals surface area contributed by atoms with E-state index >= 15 is 0 Å². The van der Waals surface area contributed by atoms with Gasteiger partial charge in [-0.1, -0.05) is 6.07 Å². The molecular weight excluding hydrogens is 312 g/mol. The third-order valence-corrected chi connectivity index (χ3v) is 5.26. The second kappa shape index (κ2) is 8.66. The predicted octanol–water partition coefficient (Wildman–Crippen LogP) is 2.46. The van der Waals surface area contributed by atoms with Gasteiger partial charge < -0.3 is 14.4 Å². The van der Waals surface area contributed by atoms with Gasteiger partial charge in [0.1, 0.15) is 0 Å². The highest BCUT2D eigenvalue weighted by molar-refractivity contribution is 7.98. The highest BCUT2D eigenvalue weighted by atomic mass is 32.2. The van der Waals surface area contributed by atoms with Crippen LogP contribution in [0, 0.1) is 0 Å². The molecule has 3 heterocycles. The highest BCUT2D eigenvalue weighted by Gasteiger charge is 2.35. The number of aromatic nitrogens is 1. The SMILES string of the molecule is O=C(CCSCc1ccccn1)N1CCCCC1C1OCCO1. The molecule has 0 N–H and O–H groups in total. The fourth-order valence-electron chi connectivity index (χ4n) is 3.11. The van der Waals surface area contributed by atoms with Crippen LogP contribution in [0.15, 0.2) is 24.4 Å². The Morgan fingerprint density at radius 3 is 2.96 bits per heavy atom. The first-order chi connectivity index (χ1) is 11.3. The van der Waals surface area contributed by atoms with Gasteiger partial charge in [-0.05, 0) is 31.4 Å². The van der Waals surface area contributed by atoms with Gasteiger partial charge in [-0.3, -0.25) is 9.78 Å². The number of likely N-dealkylation sites (tertiary alicyclic amines) is 1. The van der Waals surface area contributed by atoms with Crippen molar-refractivity contribution in [3.05, 3.63) is 30.1 Å². The van der Waals surface area contributed by atoms with Crippen LogP contribution in [0.3, 0.4) is 0 Å². The van der Waals surface area contributed by atoms with Crippen LogP contribution in [0.4, 0.5) is 0 Å². The molecule has 0 bridgehead atoms. The lowest BCUT2D eigenvalue weighted by Gasteiger charge is -2.38. The van der Waals surface area contributed by atoms with Gasteiger partial charge >= 0.3 is 0 Å². The van der Waals surface area contributed by atoms with E-state index in [2.05, 4.69) is 4.98 Å². The summed E-state index contributed by atoms with van der Waals surface area (Å²) < 4.78 is 11.3. The predicted molar refractivity (Wildman–Crippen MR) is 90.1 cm³/mol. The van der Waals surface area contributed by atoms with Gasteiger partial charge in [0.15, 0.2) is 6.29 Å². The maximum atomic E-state index is 12.6. The van der Waals surface area contributed by atoms with E-state index in [1.165, 1.54) is 0 Å². The van der Waals surface area contributed by atoms with Gasteiger partial charge in [0.25, 0.3) is 0 Å². The third kappa shape index (κ3) is 4.68. The first kappa shape index (κ1) is 16.7. The molecule has 2 aliphatic rings. The van der Waals surface area contributed by atoms with Gasteiger partial charge in [-0.2, -0.15) is 11.8 Å². The van der Waals surface area contributed by atoms with Crippen molar-refractivity contribution in [1.82, 2.24) is 9.88 Å². The van der Waals surface area contributed by atoms with Crippen LogP contribution >= 0.6 is 11.8 Å². The number of hydrogen-bond donors (Lipinski definition) is 0. The average molecular weight is 336 g/mol. The van der Waals surface area contributed by atoms with Crippen LogP contribution in [-0.2, 0) is 20.0 Å². The van der Waals surface area contributed by atoms with Crippen LogP contribution in [0.1, 0.15) is 31.4 Å². The largest absolute Gasteiger partial charge is 0.348 e. The van der Waals surface area contributed by atoms with Crippen LogP contribution in [0.25, 0.3) is 0 Å². The molecule has 5 nitrogen and oxygen atoms in total. The van der Waals surface area contributed by atoms with E-state index in [0.29, 0.717) is 19.6 Å². The van der Waals surface area contributed by atoms with E-state index < -0.39 is 0 Å². The summed E-state index contributed by atoms with van der Waals surface area (Å²) in [6.07, 6.45) is 5.36. The molecule has 126 valence electrons. The van der Waals surface area contributed by atoms with Crippen LogP contribution in [-0.4, -0.2) is 53.6 Å². The smallest absolute Gasteiger partial charge is 0.223 e. The molecule has 0 spiro atoms. The van der Waals surface area contributed by atoms with Crippen molar-refractivity contribution >= 4 is 17.7 Å². The number of hydrogen-bond acceptors (Lipinski definition) is 5. The van der Waals surface area contributed by atoms with Crippen molar-refractivity contribution in [1.29, 1.82) is 0 Å². The Balaban J connectivity index is 1.44. The Kier molecular flexibility index (Phi) is 6.30. The first-order valence-corrected chi connectivity index (χ1v) is 9.50. The molecule has 0 radical (unpaired) electrons. The molecule has 0 saturated carbocycles. The lowest BCUT2D eigenvalue weighted by Crippen LogP contribution is -2.50. The maximum Gasteiger partial charge on any atom is 0.223 e. The number of carbonyl (C=O) groups is 1. The molecule has 3 rings (SSSR count). The summed E-state index contributed by atoms with van der Waals surface area (Å²) in [5.74, 6) is 1.90. The minimum Gasteiger partial charge on any atom is -0.348 e. The molecule has 23 heavy (non-hydrogen) atoms. The molecule has 1 aromatic heterocycles. The van der Waals surface area contributed by atoms with Crippen molar-refractivity contribution < 1.29 is 14.3 Å². The molecule has 6 heteroatoms. The number of ether oxygens (including phenoxy) is 2. The summed E-state index contributed by atoms with van der Waals surface area (Å²) in [7, 11) is 0. The van der Waals surface area contributed by atoms with Gasteiger partial charge in [-0.15, -0.1) is 0 Å². The maximum absolute atomic E-state index is 12.6. The van der Waals surface area contributed by atoms with Crippen molar-refractivity contribution in [2.75, 3.05) is 25.5 Å². The summed E-state index contributed by atoms with van der Waals surface area (Å²) in [6, 6.07) is 6.03. The standard InChI is InChI=1S/C17H24N2O3S/c20-16(7-12-23-13-14-5-1-3-8-18-14)19-9-4-2-6-15(19)17-21-10-11-22-17/h1,3,5,8,15,17H,2,4,6-7,9-13H2. The second-order valence-electron chi connectivity index (χ2n) is 5.88. The molecule has 2 aliphatic heterocycles. The minimum atomic E-state index is -0.222. The summed E-state index contributed by atoms with van der Waals surface area (Å²) in [5.41, 5.74) is 1.06. The average Bonchev–Trinajstić information content (AvgIpc) is 3.14. The Morgan fingerprint density at radius 1 is 1.30 bits per heavy atom. The van der Waals surface area contributed by atoms with E-state index in [-0.39, 0.29) is 18.2 Å². The van der Waals surface area contributed by atoms with E-state index in [1.54, 1.807) is 18.0 Å². The topological polar surface area (TPSA) is 51.7 Å². The number of carbonyl (C=O) groups excluding carboxylic acids is 1. The number of pyridine rings is 1. The minimum absolute atomic E-state index is 0.0968. The molecular formula is C17H24N2O3S. The van der Waals surface area contributed by atoms with Gasteiger partial charge in [0.2, 0.25) is 5.91 Å². The van der Waals surface area contributed by atoms with Crippen molar-refractivity contribution in [2.45, 2.75) is 43.8 Å². The summed E-state index contributed by atoms with van der Waals surface area (Å²) in [4.78, 5) is 18.8. The number of nitrogens with zero attached hydrogens (tertiary/aromatic N) is 2. The Morgan fingerprint density at radius 2 is 2.17 bits per heavy atom. The van der Waals surface area contributed by atoms with E-state index in [4.69, 9.17) is 9.47 Å². The Bertz CT molecular complexity index is 494. The number of amides is 1. The molecule has 2 saturated heterocycles. The van der Waals surface area contributed by atoms with E-state index in [9.17, 15) is 4.79 Å². The lowest BCUT2D eigenvalue weighted by atomic mass is 10.0. The zero-order valence-electron chi connectivity index (χ0n) is 13.4. The normalized spacial score (nSPS) is 22.4. The van der Waals surface area contributed by atoms with Crippen LogP contribution in [0.2, 0.25) is 0 Å². The molecule has 1 unspecified atom stereocenters. The summed E-state index contributed by atoms with van der Waals surface area (Å²) in [5, 5.41) is 0. The Hall–Kier alpha value is -1.11. The number of piperidine rings is 1. The molecule has 2 fully saturated rings. The summed E-state index contributed by atoms with van der Waals surface area (Å²) >= 11 is 1.76. The molecule has 1 amide bonds. The quantitative estimate of drug-likeness (QED) is 0.747. The van der Waals surface area contributed by atoms with Crippen molar-refractivity contribution in [3.63, 3.8) is 0 Å². The third-order valence-electron chi connectivity index (χ3n) is 4.27. The zero-order chi connectivity index (χ0) is 15.9. The Labute approximate surface area is 141 Å². The summed E-state index contributed by atoms with van der Waals surface area (Å²) in [6.45, 7) is 2.11. The van der Waals surface area contributed by atoms with E-state index in [0.717, 1.165) is 43.0 Å². The molecule has 1 atom stereocenters. The van der Waals surface area contributed by atoms with Gasteiger partial charge in [-0.25, -0.2) is 0 Å². The fourth-order valence-corrected chi connectivity index (χ4v) is 3.96. The van der Waals surface area contributed by atoms with Crippen LogP contribution in [0.5, 0.6) is 0 Å². The molecule has 0 aliphatic carbocycles.